The lowest BCUT2D eigenvalue weighted by Gasteiger charge is -2.28. The fourth-order valence-electron chi connectivity index (χ4n) is 1.92. The summed E-state index contributed by atoms with van der Waals surface area (Å²) in [6, 6.07) is 0. The standard InChI is InChI=1S/C8H13NO4/c10-7(11)8(6-9(12)13)4-2-1-3-5-8/h1-6H2,(H,10,11). The van der Waals surface area contributed by atoms with Gasteiger partial charge in [0.15, 0.2) is 0 Å². The van der Waals surface area contributed by atoms with Crippen molar-refractivity contribution < 1.29 is 14.8 Å². The lowest BCUT2D eigenvalue weighted by atomic mass is 9.74. The number of carboxylic acid groups (broad SMARTS) is 1. The van der Waals surface area contributed by atoms with Gasteiger partial charge in [0.25, 0.3) is 0 Å². The summed E-state index contributed by atoms with van der Waals surface area (Å²) < 4.78 is 0. The Kier molecular flexibility index (Phi) is 2.85. The van der Waals surface area contributed by atoms with E-state index >= 15 is 0 Å². The summed E-state index contributed by atoms with van der Waals surface area (Å²) in [6.45, 7) is -0.428. The molecule has 1 N–H and O–H groups in total. The quantitative estimate of drug-likeness (QED) is 0.533. The highest BCUT2D eigenvalue weighted by atomic mass is 16.6. The topological polar surface area (TPSA) is 80.4 Å². The van der Waals surface area contributed by atoms with Gasteiger partial charge in [0.1, 0.15) is 5.41 Å². The third-order valence-electron chi connectivity index (χ3n) is 2.70. The molecule has 0 aromatic carbocycles. The number of hydrogen-bond acceptors (Lipinski definition) is 3. The monoisotopic (exact) mass is 187 g/mol. The van der Waals surface area contributed by atoms with Crippen molar-refractivity contribution in [2.45, 2.75) is 32.1 Å². The Balaban J connectivity index is 2.73. The first kappa shape index (κ1) is 9.95. The highest BCUT2D eigenvalue weighted by Crippen LogP contribution is 2.36. The molecular formula is C8H13NO4. The molecule has 0 aliphatic heterocycles. The number of aliphatic carboxylic acids is 1. The summed E-state index contributed by atoms with van der Waals surface area (Å²) in [6.07, 6.45) is 3.47. The Labute approximate surface area is 75.9 Å². The first-order valence-corrected chi connectivity index (χ1v) is 4.42. The van der Waals surface area contributed by atoms with Crippen LogP contribution in [0.25, 0.3) is 0 Å². The molecular weight excluding hydrogens is 174 g/mol. The minimum absolute atomic E-state index is 0.428. The van der Waals surface area contributed by atoms with E-state index in [1.165, 1.54) is 0 Å². The van der Waals surface area contributed by atoms with Crippen LogP contribution in [0.1, 0.15) is 32.1 Å². The molecule has 5 heteroatoms. The largest absolute Gasteiger partial charge is 0.481 e. The van der Waals surface area contributed by atoms with Crippen LogP contribution in [0.4, 0.5) is 0 Å². The Hall–Kier alpha value is -1.13. The molecule has 0 atom stereocenters. The zero-order chi connectivity index (χ0) is 9.90. The highest BCUT2D eigenvalue weighted by Gasteiger charge is 2.44. The zero-order valence-electron chi connectivity index (χ0n) is 7.36. The number of rotatable bonds is 3. The van der Waals surface area contributed by atoms with Crippen molar-refractivity contribution in [2.24, 2.45) is 5.41 Å². The van der Waals surface area contributed by atoms with Gasteiger partial charge < -0.3 is 5.11 Å². The van der Waals surface area contributed by atoms with Gasteiger partial charge in [0.2, 0.25) is 6.54 Å². The van der Waals surface area contributed by atoms with Crippen LogP contribution in [0.15, 0.2) is 0 Å². The number of carbonyl (C=O) groups is 1. The van der Waals surface area contributed by atoms with Gasteiger partial charge in [-0.05, 0) is 12.8 Å². The maximum Gasteiger partial charge on any atom is 0.316 e. The van der Waals surface area contributed by atoms with Crippen molar-refractivity contribution in [1.29, 1.82) is 0 Å². The van der Waals surface area contributed by atoms with Crippen LogP contribution < -0.4 is 0 Å². The summed E-state index contributed by atoms with van der Waals surface area (Å²) in [5.41, 5.74) is -1.08. The Bertz CT molecular complexity index is 220. The normalized spacial score (nSPS) is 20.9. The van der Waals surface area contributed by atoms with Crippen molar-refractivity contribution in [3.05, 3.63) is 10.1 Å². The summed E-state index contributed by atoms with van der Waals surface area (Å²) in [5, 5.41) is 19.3. The SMILES string of the molecule is O=C(O)C1(C[N+](=O)[O-])CCCCC1. The predicted molar refractivity (Wildman–Crippen MR) is 45.0 cm³/mol. The fraction of sp³-hybridized carbons (Fsp3) is 0.875. The molecule has 1 aliphatic rings. The van der Waals surface area contributed by atoms with Crippen LogP contribution in [0.5, 0.6) is 0 Å². The molecule has 1 rings (SSSR count). The molecule has 0 amide bonds. The smallest absolute Gasteiger partial charge is 0.316 e. The minimum atomic E-state index is -1.08. The van der Waals surface area contributed by atoms with Crippen molar-refractivity contribution in [3.63, 3.8) is 0 Å². The first-order valence-electron chi connectivity index (χ1n) is 4.42. The van der Waals surface area contributed by atoms with E-state index in [0.717, 1.165) is 19.3 Å². The van der Waals surface area contributed by atoms with Gasteiger partial charge in [0, 0.05) is 4.92 Å². The predicted octanol–water partition coefficient (Wildman–Crippen LogP) is 1.30. The van der Waals surface area contributed by atoms with Crippen molar-refractivity contribution >= 4 is 5.97 Å². The molecule has 0 saturated heterocycles. The second-order valence-corrected chi connectivity index (χ2v) is 3.64. The molecule has 1 saturated carbocycles. The molecule has 0 radical (unpaired) electrons. The maximum absolute atomic E-state index is 10.9. The zero-order valence-corrected chi connectivity index (χ0v) is 7.36. The Morgan fingerprint density at radius 3 is 2.31 bits per heavy atom. The minimum Gasteiger partial charge on any atom is -0.481 e. The summed E-state index contributed by atoms with van der Waals surface area (Å²) in [5.74, 6) is -1.01. The fourth-order valence-corrected chi connectivity index (χ4v) is 1.92. The third kappa shape index (κ3) is 2.17. The van der Waals surface area contributed by atoms with E-state index in [0.29, 0.717) is 12.8 Å². The second kappa shape index (κ2) is 3.72. The van der Waals surface area contributed by atoms with E-state index in [-0.39, 0.29) is 0 Å². The first-order chi connectivity index (χ1) is 6.07. The number of nitrogens with zero attached hydrogens (tertiary/aromatic N) is 1. The number of nitro groups is 1. The van der Waals surface area contributed by atoms with Gasteiger partial charge in [-0.3, -0.25) is 14.9 Å². The summed E-state index contributed by atoms with van der Waals surface area (Å²) in [4.78, 5) is 20.7. The van der Waals surface area contributed by atoms with Crippen LogP contribution >= 0.6 is 0 Å². The van der Waals surface area contributed by atoms with Gasteiger partial charge in [-0.25, -0.2) is 0 Å². The molecule has 0 aromatic heterocycles. The number of hydrogen-bond donors (Lipinski definition) is 1. The van der Waals surface area contributed by atoms with E-state index in [2.05, 4.69) is 0 Å². The van der Waals surface area contributed by atoms with Crippen LogP contribution in [-0.2, 0) is 4.79 Å². The molecule has 1 aliphatic carbocycles. The molecule has 0 aromatic rings. The Morgan fingerprint density at radius 2 is 1.92 bits per heavy atom. The van der Waals surface area contributed by atoms with Crippen LogP contribution in [-0.4, -0.2) is 22.5 Å². The van der Waals surface area contributed by atoms with Crippen LogP contribution in [0.2, 0.25) is 0 Å². The van der Waals surface area contributed by atoms with Gasteiger partial charge in [-0.15, -0.1) is 0 Å². The molecule has 5 nitrogen and oxygen atoms in total. The summed E-state index contributed by atoms with van der Waals surface area (Å²) >= 11 is 0. The van der Waals surface area contributed by atoms with Crippen molar-refractivity contribution in [2.75, 3.05) is 6.54 Å². The molecule has 74 valence electrons. The van der Waals surface area contributed by atoms with E-state index in [1.54, 1.807) is 0 Å². The molecule has 0 unspecified atom stereocenters. The molecule has 0 heterocycles. The maximum atomic E-state index is 10.9. The van der Waals surface area contributed by atoms with E-state index in [1.807, 2.05) is 0 Å². The average molecular weight is 187 g/mol. The third-order valence-corrected chi connectivity index (χ3v) is 2.70. The van der Waals surface area contributed by atoms with Gasteiger partial charge in [0.05, 0.1) is 0 Å². The Morgan fingerprint density at radius 1 is 1.38 bits per heavy atom. The molecule has 0 bridgehead atoms. The van der Waals surface area contributed by atoms with Gasteiger partial charge in [-0.1, -0.05) is 19.3 Å². The molecule has 13 heavy (non-hydrogen) atoms. The van der Waals surface area contributed by atoms with Gasteiger partial charge >= 0.3 is 5.97 Å². The van der Waals surface area contributed by atoms with E-state index < -0.39 is 22.9 Å². The van der Waals surface area contributed by atoms with Crippen LogP contribution in [0.3, 0.4) is 0 Å². The lowest BCUT2D eigenvalue weighted by molar-refractivity contribution is -0.495. The molecule has 1 fully saturated rings. The van der Waals surface area contributed by atoms with E-state index in [9.17, 15) is 14.9 Å². The van der Waals surface area contributed by atoms with Crippen LogP contribution in [0, 0.1) is 15.5 Å². The highest BCUT2D eigenvalue weighted by molar-refractivity contribution is 5.74. The van der Waals surface area contributed by atoms with Crippen molar-refractivity contribution in [1.82, 2.24) is 0 Å². The van der Waals surface area contributed by atoms with Gasteiger partial charge in [-0.2, -0.15) is 0 Å². The average Bonchev–Trinajstić information content (AvgIpc) is 2.04. The lowest BCUT2D eigenvalue weighted by Crippen LogP contribution is -2.39. The number of carboxylic acids is 1. The molecule has 0 spiro atoms. The second-order valence-electron chi connectivity index (χ2n) is 3.64. The van der Waals surface area contributed by atoms with Crippen molar-refractivity contribution in [3.8, 4) is 0 Å². The van der Waals surface area contributed by atoms with E-state index in [4.69, 9.17) is 5.11 Å². The summed E-state index contributed by atoms with van der Waals surface area (Å²) in [7, 11) is 0.